The molecule has 0 unspecified atom stereocenters. The summed E-state index contributed by atoms with van der Waals surface area (Å²) in [4.78, 5) is 37.3. The molecule has 0 spiro atoms. The lowest BCUT2D eigenvalue weighted by atomic mass is 10.2. The van der Waals surface area contributed by atoms with Gasteiger partial charge < -0.3 is 19.7 Å². The fraction of sp³-hybridized carbons (Fsp3) is 0.550. The van der Waals surface area contributed by atoms with Crippen molar-refractivity contribution in [3.05, 3.63) is 35.6 Å². The van der Waals surface area contributed by atoms with Gasteiger partial charge in [-0.15, -0.1) is 0 Å². The highest BCUT2D eigenvalue weighted by atomic mass is 19.1. The largest absolute Gasteiger partial charge is 0.456 e. The molecule has 0 aliphatic heterocycles. The predicted octanol–water partition coefficient (Wildman–Crippen LogP) is 2.77. The Kier molecular flexibility index (Phi) is 7.37. The summed E-state index contributed by atoms with van der Waals surface area (Å²) < 4.78 is 23.9. The number of benzene rings is 1. The Balaban J connectivity index is 1.74. The first-order valence-corrected chi connectivity index (χ1v) is 9.31. The molecule has 2 amide bonds. The first-order valence-electron chi connectivity index (χ1n) is 9.31. The van der Waals surface area contributed by atoms with Gasteiger partial charge in [0.1, 0.15) is 11.4 Å². The molecular weight excluding hydrogens is 367 g/mol. The number of nitrogens with zero attached hydrogens (tertiary/aromatic N) is 1. The van der Waals surface area contributed by atoms with Crippen molar-refractivity contribution in [2.75, 3.05) is 13.2 Å². The second-order valence-electron chi connectivity index (χ2n) is 7.68. The van der Waals surface area contributed by atoms with Crippen LogP contribution in [0, 0.1) is 5.82 Å². The fourth-order valence-corrected chi connectivity index (χ4v) is 2.50. The topological polar surface area (TPSA) is 84.9 Å². The molecule has 1 aromatic rings. The molecule has 0 heterocycles. The number of rotatable bonds is 8. The smallest absolute Gasteiger partial charge is 0.407 e. The van der Waals surface area contributed by atoms with Crippen LogP contribution in [0.4, 0.5) is 9.18 Å². The number of esters is 1. The fourth-order valence-electron chi connectivity index (χ4n) is 2.50. The summed E-state index contributed by atoms with van der Waals surface area (Å²) >= 11 is 0. The van der Waals surface area contributed by atoms with Gasteiger partial charge in [-0.3, -0.25) is 9.59 Å². The predicted molar refractivity (Wildman–Crippen MR) is 99.8 cm³/mol. The lowest BCUT2D eigenvalue weighted by Crippen LogP contribution is -2.37. The Bertz CT molecular complexity index is 713. The summed E-state index contributed by atoms with van der Waals surface area (Å²) in [6.07, 6.45) is 1.01. The first kappa shape index (κ1) is 21.7. The van der Waals surface area contributed by atoms with Crippen molar-refractivity contribution in [1.29, 1.82) is 0 Å². The van der Waals surface area contributed by atoms with Crippen LogP contribution in [0.3, 0.4) is 0 Å². The summed E-state index contributed by atoms with van der Waals surface area (Å²) in [5.74, 6) is -1.34. The van der Waals surface area contributed by atoms with E-state index < -0.39 is 24.3 Å². The molecule has 2 rings (SSSR count). The molecule has 1 aliphatic carbocycles. The molecule has 0 atom stereocenters. The van der Waals surface area contributed by atoms with Crippen LogP contribution >= 0.6 is 0 Å². The third kappa shape index (κ3) is 7.54. The van der Waals surface area contributed by atoms with Gasteiger partial charge in [0.05, 0.1) is 6.42 Å². The molecule has 1 aliphatic rings. The normalized spacial score (nSPS) is 13.6. The van der Waals surface area contributed by atoms with Crippen LogP contribution in [-0.4, -0.2) is 47.7 Å². The summed E-state index contributed by atoms with van der Waals surface area (Å²) in [5, 5.41) is 2.45. The zero-order chi connectivity index (χ0) is 20.7. The molecule has 0 radical (unpaired) electrons. The van der Waals surface area contributed by atoms with Gasteiger partial charge in [-0.2, -0.15) is 0 Å². The molecule has 0 aromatic heterocycles. The van der Waals surface area contributed by atoms with Crippen molar-refractivity contribution in [3.8, 4) is 0 Å². The third-order valence-corrected chi connectivity index (χ3v) is 3.96. The van der Waals surface area contributed by atoms with Crippen LogP contribution in [0.25, 0.3) is 0 Å². The zero-order valence-electron chi connectivity index (χ0n) is 16.5. The average Bonchev–Trinajstić information content (AvgIpc) is 3.42. The van der Waals surface area contributed by atoms with Gasteiger partial charge in [0.15, 0.2) is 6.61 Å². The number of ether oxygens (including phenoxy) is 2. The van der Waals surface area contributed by atoms with Crippen LogP contribution in [0.2, 0.25) is 0 Å². The van der Waals surface area contributed by atoms with E-state index in [1.807, 2.05) is 0 Å². The number of amides is 2. The maximum atomic E-state index is 13.9. The van der Waals surface area contributed by atoms with Gasteiger partial charge >= 0.3 is 12.1 Å². The molecule has 1 N–H and O–H groups in total. The summed E-state index contributed by atoms with van der Waals surface area (Å²) in [6, 6.07) is 6.34. The summed E-state index contributed by atoms with van der Waals surface area (Å²) in [7, 11) is 0. The molecule has 28 heavy (non-hydrogen) atoms. The number of hydrogen-bond acceptors (Lipinski definition) is 5. The van der Waals surface area contributed by atoms with Gasteiger partial charge in [-0.25, -0.2) is 9.18 Å². The van der Waals surface area contributed by atoms with Crippen molar-refractivity contribution in [3.63, 3.8) is 0 Å². The number of halogens is 1. The Morgan fingerprint density at radius 1 is 1.21 bits per heavy atom. The monoisotopic (exact) mass is 394 g/mol. The molecule has 8 heteroatoms. The molecule has 1 fully saturated rings. The molecule has 1 aromatic carbocycles. The highest BCUT2D eigenvalue weighted by molar-refractivity contribution is 5.81. The van der Waals surface area contributed by atoms with Crippen LogP contribution < -0.4 is 5.32 Å². The number of alkyl carbamates (subject to hydrolysis) is 1. The summed E-state index contributed by atoms with van der Waals surface area (Å²) in [6.45, 7) is 4.99. The minimum Gasteiger partial charge on any atom is -0.456 e. The van der Waals surface area contributed by atoms with E-state index in [-0.39, 0.29) is 37.3 Å². The zero-order valence-corrected chi connectivity index (χ0v) is 16.5. The van der Waals surface area contributed by atoms with E-state index in [2.05, 4.69) is 5.32 Å². The highest BCUT2D eigenvalue weighted by Gasteiger charge is 2.33. The lowest BCUT2D eigenvalue weighted by Gasteiger charge is -2.22. The Morgan fingerprint density at radius 2 is 1.89 bits per heavy atom. The van der Waals surface area contributed by atoms with E-state index in [1.165, 1.54) is 6.07 Å². The van der Waals surface area contributed by atoms with Crippen LogP contribution in [-0.2, 0) is 25.6 Å². The van der Waals surface area contributed by atoms with E-state index >= 15 is 0 Å². The summed E-state index contributed by atoms with van der Waals surface area (Å²) in [5.41, 5.74) is -0.197. The minimum atomic E-state index is -0.624. The van der Waals surface area contributed by atoms with Gasteiger partial charge in [0, 0.05) is 24.7 Å². The number of carbonyl (C=O) groups is 3. The van der Waals surface area contributed by atoms with Gasteiger partial charge in [-0.05, 0) is 39.7 Å². The lowest BCUT2D eigenvalue weighted by molar-refractivity contribution is -0.152. The molecular formula is C20H27FN2O5. The Hall–Kier alpha value is -2.64. The number of carbonyl (C=O) groups excluding carboxylic acids is 3. The standard InChI is InChI=1S/C20H27FN2O5/c1-20(2,3)28-19(26)22-11-10-18(25)27-13-17(24)23(15-8-9-15)12-14-6-4-5-7-16(14)21/h4-7,15H,8-13H2,1-3H3,(H,22,26). The molecule has 1 saturated carbocycles. The van der Waals surface area contributed by atoms with Crippen molar-refractivity contribution >= 4 is 18.0 Å². The maximum Gasteiger partial charge on any atom is 0.407 e. The number of hydrogen-bond donors (Lipinski definition) is 1. The SMILES string of the molecule is CC(C)(C)OC(=O)NCCC(=O)OCC(=O)N(Cc1ccccc1F)C1CC1. The molecule has 0 saturated heterocycles. The van der Waals surface area contributed by atoms with Crippen LogP contribution in [0.5, 0.6) is 0 Å². The Morgan fingerprint density at radius 3 is 2.50 bits per heavy atom. The van der Waals surface area contributed by atoms with Gasteiger partial charge in [0.25, 0.3) is 5.91 Å². The van der Waals surface area contributed by atoms with Crippen LogP contribution in [0.1, 0.15) is 45.6 Å². The number of nitrogens with one attached hydrogen (secondary N) is 1. The van der Waals surface area contributed by atoms with Gasteiger partial charge in [0.2, 0.25) is 0 Å². The minimum absolute atomic E-state index is 0.0451. The van der Waals surface area contributed by atoms with E-state index in [0.717, 1.165) is 12.8 Å². The second-order valence-corrected chi connectivity index (χ2v) is 7.68. The van der Waals surface area contributed by atoms with E-state index in [0.29, 0.717) is 5.56 Å². The van der Waals surface area contributed by atoms with E-state index in [9.17, 15) is 18.8 Å². The van der Waals surface area contributed by atoms with E-state index in [1.54, 1.807) is 43.9 Å². The second kappa shape index (κ2) is 9.52. The van der Waals surface area contributed by atoms with Crippen LogP contribution in [0.15, 0.2) is 24.3 Å². The maximum absolute atomic E-state index is 13.9. The average molecular weight is 394 g/mol. The van der Waals surface area contributed by atoms with E-state index in [4.69, 9.17) is 9.47 Å². The van der Waals surface area contributed by atoms with Crippen molar-refractivity contribution in [2.45, 2.75) is 58.2 Å². The molecule has 0 bridgehead atoms. The van der Waals surface area contributed by atoms with Gasteiger partial charge in [-0.1, -0.05) is 18.2 Å². The third-order valence-electron chi connectivity index (χ3n) is 3.96. The highest BCUT2D eigenvalue weighted by Crippen LogP contribution is 2.29. The quantitative estimate of drug-likeness (QED) is 0.686. The first-order chi connectivity index (χ1) is 13.2. The molecule has 154 valence electrons. The van der Waals surface area contributed by atoms with Crippen molar-refractivity contribution < 1.29 is 28.2 Å². The molecule has 7 nitrogen and oxygen atoms in total. The Labute approximate surface area is 164 Å². The van der Waals surface area contributed by atoms with Crippen molar-refractivity contribution in [2.24, 2.45) is 0 Å². The van der Waals surface area contributed by atoms with Crippen molar-refractivity contribution in [1.82, 2.24) is 10.2 Å².